The Bertz CT molecular complexity index is 2180. The summed E-state index contributed by atoms with van der Waals surface area (Å²) >= 11 is 0. The molecule has 0 amide bonds. The van der Waals surface area contributed by atoms with Crippen LogP contribution < -0.4 is 16.2 Å². The van der Waals surface area contributed by atoms with Crippen molar-refractivity contribution in [2.75, 3.05) is 6.16 Å². The van der Waals surface area contributed by atoms with E-state index in [-0.39, 0.29) is 20.2 Å². The fraction of sp³-hybridized carbons (Fsp3) is 0.385. The van der Waals surface area contributed by atoms with Crippen LogP contribution in [0.4, 0.5) is 65.9 Å². The summed E-state index contributed by atoms with van der Waals surface area (Å²) in [5.74, 6) is -44.0. The summed E-state index contributed by atoms with van der Waals surface area (Å²) in [6.45, 7) is 17.5. The van der Waals surface area contributed by atoms with Gasteiger partial charge in [-0.1, -0.05) is 94.0 Å². The molecule has 0 aliphatic carbocycles. The molecule has 0 spiro atoms. The van der Waals surface area contributed by atoms with Gasteiger partial charge in [0.2, 0.25) is 12.2 Å². The molecule has 1 unspecified atom stereocenters. The third-order valence-electron chi connectivity index (χ3n) is 10.3. The van der Waals surface area contributed by atoms with Gasteiger partial charge in [0.25, 0.3) is 0 Å². The van der Waals surface area contributed by atoms with Crippen molar-refractivity contribution in [2.24, 2.45) is 0 Å². The smallest absolute Gasteiger partial charge is 0.409 e. The molecule has 1 heterocycles. The molecule has 1 fully saturated rings. The number of halogens is 15. The predicted octanol–water partition coefficient (Wildman–Crippen LogP) is 10.5. The summed E-state index contributed by atoms with van der Waals surface area (Å²) < 4.78 is 238. The summed E-state index contributed by atoms with van der Waals surface area (Å²) in [4.78, 5) is 0. The Kier molecular flexibility index (Phi) is 12.3. The Hall–Kier alpha value is -3.69. The highest BCUT2D eigenvalue weighted by Gasteiger charge is 2.57. The normalized spacial score (nSPS) is 16.3. The molecule has 0 radical (unpaired) electrons. The molecule has 0 N–H and O–H groups in total. The molecule has 59 heavy (non-hydrogen) atoms. The van der Waals surface area contributed by atoms with Crippen LogP contribution in [0.5, 0.6) is 0 Å². The Morgan fingerprint density at radius 2 is 0.814 bits per heavy atom. The van der Waals surface area contributed by atoms with E-state index in [1.165, 1.54) is 0 Å². The van der Waals surface area contributed by atoms with E-state index < -0.39 is 140 Å². The fourth-order valence-corrected chi connectivity index (χ4v) is 9.18. The van der Waals surface area contributed by atoms with Gasteiger partial charge in [-0.15, -0.1) is 0 Å². The van der Waals surface area contributed by atoms with E-state index in [2.05, 4.69) is 0 Å². The van der Waals surface area contributed by atoms with Crippen LogP contribution in [0.2, 0.25) is 6.32 Å². The Morgan fingerprint density at radius 1 is 0.492 bits per heavy atom. The number of hydrogen-bond acceptors (Lipinski definition) is 2. The first kappa shape index (κ1) is 46.4. The first-order chi connectivity index (χ1) is 26.9. The molecule has 0 aromatic heterocycles. The second-order valence-corrected chi connectivity index (χ2v) is 18.7. The van der Waals surface area contributed by atoms with Gasteiger partial charge in [-0.3, -0.25) is 0 Å². The van der Waals surface area contributed by atoms with Gasteiger partial charge in [0.05, 0.1) is 0 Å². The number of rotatable bonds is 7. The SMILES string of the molecule is CC(C)(C)c1cc(C(C)(C)C)c(PCCB2O[C@H](c3c(F)c(F)c(F)c(F)c3F)[B-](c3c(F)c(F)c(F)c(F)c3F)(c3c(F)c(F)c(F)c(F)c3F)O2)c(C(C)(C)C)c1. The first-order valence-electron chi connectivity index (χ1n) is 17.9. The third-order valence-corrected chi connectivity index (χ3v) is 11.7. The van der Waals surface area contributed by atoms with Crippen molar-refractivity contribution >= 4 is 38.3 Å². The van der Waals surface area contributed by atoms with Crippen molar-refractivity contribution < 1.29 is 75.1 Å². The van der Waals surface area contributed by atoms with E-state index in [9.17, 15) is 39.5 Å². The molecule has 5 rings (SSSR count). The van der Waals surface area contributed by atoms with Gasteiger partial charge in [-0.25, -0.2) is 65.9 Å². The van der Waals surface area contributed by atoms with Gasteiger partial charge >= 0.3 is 7.12 Å². The topological polar surface area (TPSA) is 18.5 Å². The molecule has 4 aromatic rings. The van der Waals surface area contributed by atoms with Gasteiger partial charge in [-0.05, 0) is 56.7 Å². The zero-order valence-electron chi connectivity index (χ0n) is 32.8. The maximum absolute atomic E-state index is 15.9. The highest BCUT2D eigenvalue weighted by molar-refractivity contribution is 7.47. The summed E-state index contributed by atoms with van der Waals surface area (Å²) in [6.07, 6.45) is -6.54. The van der Waals surface area contributed by atoms with E-state index >= 15 is 26.3 Å². The third kappa shape index (κ3) is 7.66. The zero-order valence-corrected chi connectivity index (χ0v) is 33.8. The van der Waals surface area contributed by atoms with Crippen molar-refractivity contribution in [2.45, 2.75) is 90.9 Å². The van der Waals surface area contributed by atoms with Crippen LogP contribution in [0.3, 0.4) is 0 Å². The van der Waals surface area contributed by atoms with Gasteiger partial charge in [0.1, 0.15) is 23.3 Å². The molecule has 1 aliphatic rings. The van der Waals surface area contributed by atoms with E-state index in [0.717, 1.165) is 22.0 Å². The second-order valence-electron chi connectivity index (χ2n) is 17.3. The molecule has 4 aromatic carbocycles. The molecular weight excluding hydrogens is 838 g/mol. The van der Waals surface area contributed by atoms with E-state index in [0.29, 0.717) is 0 Å². The maximum Gasteiger partial charge on any atom is 0.409 e. The minimum absolute atomic E-state index is 0.185. The van der Waals surface area contributed by atoms with Gasteiger partial charge in [-0.2, -0.15) is 0 Å². The van der Waals surface area contributed by atoms with E-state index in [1.54, 1.807) is 0 Å². The van der Waals surface area contributed by atoms with Crippen molar-refractivity contribution in [1.82, 2.24) is 0 Å². The number of hydrogen-bond donors (Lipinski definition) is 0. The van der Waals surface area contributed by atoms with E-state index in [4.69, 9.17) is 9.23 Å². The Labute approximate surface area is 331 Å². The molecule has 1 aliphatic heterocycles. The maximum atomic E-state index is 15.9. The summed E-state index contributed by atoms with van der Waals surface area (Å²) in [7, 11) is -2.69. The number of benzene rings is 4. The first-order valence-corrected chi connectivity index (χ1v) is 19.1. The lowest BCUT2D eigenvalue weighted by atomic mass is 9.27. The van der Waals surface area contributed by atoms with Crippen molar-refractivity contribution in [1.29, 1.82) is 0 Å². The largest absolute Gasteiger partial charge is 0.624 e. The van der Waals surface area contributed by atoms with Crippen LogP contribution in [0.25, 0.3) is 0 Å². The van der Waals surface area contributed by atoms with Gasteiger partial charge < -0.3 is 9.23 Å². The van der Waals surface area contributed by atoms with Gasteiger partial charge in [0.15, 0.2) is 58.2 Å². The minimum atomic E-state index is -5.67. The predicted molar refractivity (Wildman–Crippen MR) is 195 cm³/mol. The monoisotopic (exact) mass is 873 g/mol. The molecule has 1 saturated heterocycles. The molecule has 0 saturated carbocycles. The highest BCUT2D eigenvalue weighted by atomic mass is 31.1. The summed E-state index contributed by atoms with van der Waals surface area (Å²) in [6, 6.07) is 0.399. The van der Waals surface area contributed by atoms with Crippen LogP contribution in [0.1, 0.15) is 90.6 Å². The molecular formula is C39H35B2F15O2P-. The molecule has 0 bridgehead atoms. The quantitative estimate of drug-likeness (QED) is 0.0606. The average molecular weight is 873 g/mol. The van der Waals surface area contributed by atoms with Crippen LogP contribution in [-0.4, -0.2) is 19.6 Å². The molecule has 2 nitrogen and oxygen atoms in total. The molecule has 20 heteroatoms. The summed E-state index contributed by atoms with van der Waals surface area (Å²) in [5.41, 5.74) is -6.28. The lowest BCUT2D eigenvalue weighted by Crippen LogP contribution is -2.68. The molecule has 320 valence electrons. The standard InChI is InChI=1S/C39H35B2F15O2P/c1-37(2,3)14-12-15(38(4,5)6)35(16(13-14)39(7,8)9)59-11-10-40-57-36(17-20(42)26(48)32(54)27(49)21(17)43)41(58-40,18-22(44)28(50)33(55)29(51)23(18)45)19-24(46)30(52)34(56)31(53)25(19)47/h12-13,36,59H,10-11H2,1-9H3/q-1/t36-/m1/s1. The van der Waals surface area contributed by atoms with Crippen molar-refractivity contribution in [3.63, 3.8) is 0 Å². The minimum Gasteiger partial charge on any atom is -0.624 e. The van der Waals surface area contributed by atoms with E-state index in [1.807, 2.05) is 74.4 Å². The van der Waals surface area contributed by atoms with Crippen LogP contribution in [0.15, 0.2) is 12.1 Å². The fourth-order valence-electron chi connectivity index (χ4n) is 7.27. The average Bonchev–Trinajstić information content (AvgIpc) is 3.50. The van der Waals surface area contributed by atoms with Crippen LogP contribution >= 0.6 is 8.58 Å². The molecule has 2 atom stereocenters. The highest BCUT2D eigenvalue weighted by Crippen LogP contribution is 2.45. The second kappa shape index (κ2) is 15.6. The van der Waals surface area contributed by atoms with Crippen LogP contribution in [-0.2, 0) is 25.5 Å². The Balaban J connectivity index is 1.83. The Morgan fingerprint density at radius 3 is 1.14 bits per heavy atom. The summed E-state index contributed by atoms with van der Waals surface area (Å²) in [5, 5.41) is 0.753. The zero-order chi connectivity index (χ0) is 44.8. The van der Waals surface area contributed by atoms with Crippen LogP contribution in [0, 0.1) is 87.3 Å². The lowest BCUT2D eigenvalue weighted by molar-refractivity contribution is 0.263. The van der Waals surface area contributed by atoms with Gasteiger partial charge in [0, 0.05) is 5.56 Å². The van der Waals surface area contributed by atoms with Crippen molar-refractivity contribution in [3.05, 3.63) is 122 Å². The van der Waals surface area contributed by atoms with Crippen molar-refractivity contribution in [3.8, 4) is 0 Å². The lowest BCUT2D eigenvalue weighted by Gasteiger charge is -2.43.